The number of rotatable bonds is 8. The van der Waals surface area contributed by atoms with E-state index in [1.54, 1.807) is 40.8 Å². The quantitative estimate of drug-likeness (QED) is 0.350. The molecule has 0 bridgehead atoms. The molecule has 1 aliphatic rings. The highest BCUT2D eigenvalue weighted by Gasteiger charge is 2.30. The molecule has 1 unspecified atom stereocenters. The van der Waals surface area contributed by atoms with Gasteiger partial charge < -0.3 is 14.4 Å². The number of aromatic nitrogens is 4. The van der Waals surface area contributed by atoms with Gasteiger partial charge in [-0.2, -0.15) is 4.52 Å². The fraction of sp³-hybridized carbons (Fsp3) is 0.280. The van der Waals surface area contributed by atoms with Crippen molar-refractivity contribution in [1.82, 2.24) is 24.5 Å². The summed E-state index contributed by atoms with van der Waals surface area (Å²) in [5.41, 5.74) is 2.85. The highest BCUT2D eigenvalue weighted by atomic mass is 32.2. The van der Waals surface area contributed by atoms with Crippen molar-refractivity contribution in [3.8, 4) is 23.0 Å². The largest absolute Gasteiger partial charge is 0.496 e. The third-order valence-corrected chi connectivity index (χ3v) is 7.61. The highest BCUT2D eigenvalue weighted by molar-refractivity contribution is 7.89. The van der Waals surface area contributed by atoms with Gasteiger partial charge in [-0.3, -0.25) is 4.79 Å². The van der Waals surface area contributed by atoms with E-state index in [4.69, 9.17) is 9.47 Å². The van der Waals surface area contributed by atoms with Crippen LogP contribution in [0.3, 0.4) is 0 Å². The number of sulfonamides is 1. The van der Waals surface area contributed by atoms with Crippen LogP contribution in [0.2, 0.25) is 0 Å². The van der Waals surface area contributed by atoms with Crippen molar-refractivity contribution < 1.29 is 22.7 Å². The van der Waals surface area contributed by atoms with E-state index in [-0.39, 0.29) is 30.0 Å². The van der Waals surface area contributed by atoms with Crippen LogP contribution in [0.5, 0.6) is 11.6 Å². The summed E-state index contributed by atoms with van der Waals surface area (Å²) in [6, 6.07) is 15.6. The molecule has 0 spiro atoms. The van der Waals surface area contributed by atoms with Crippen LogP contribution in [0.1, 0.15) is 19.4 Å². The number of amides is 1. The minimum absolute atomic E-state index is 0.00848. The first kappa shape index (κ1) is 24.7. The molecule has 12 heteroatoms. The third-order valence-electron chi connectivity index (χ3n) is 6.15. The molecule has 0 radical (unpaired) electrons. The van der Waals surface area contributed by atoms with Crippen LogP contribution in [0.15, 0.2) is 59.5 Å². The van der Waals surface area contributed by atoms with Gasteiger partial charge in [0.15, 0.2) is 11.5 Å². The first-order chi connectivity index (χ1) is 17.8. The summed E-state index contributed by atoms with van der Waals surface area (Å²) < 4.78 is 40.9. The van der Waals surface area contributed by atoms with Crippen molar-refractivity contribution in [1.29, 1.82) is 0 Å². The fourth-order valence-electron chi connectivity index (χ4n) is 4.52. The molecule has 0 aliphatic carbocycles. The molecule has 11 nitrogen and oxygen atoms in total. The maximum absolute atomic E-state index is 12.8. The second kappa shape index (κ2) is 9.79. The van der Waals surface area contributed by atoms with Crippen LogP contribution in [0.4, 0.5) is 5.69 Å². The number of nitrogens with zero attached hydrogens (tertiary/aromatic N) is 5. The molecule has 1 amide bonds. The van der Waals surface area contributed by atoms with E-state index >= 15 is 0 Å². The molecule has 5 rings (SSSR count). The lowest BCUT2D eigenvalue weighted by Gasteiger charge is -2.20. The molecule has 1 aliphatic heterocycles. The normalized spacial score (nSPS) is 15.1. The maximum Gasteiger partial charge on any atom is 0.240 e. The van der Waals surface area contributed by atoms with Crippen molar-refractivity contribution in [2.24, 2.45) is 0 Å². The van der Waals surface area contributed by atoms with Crippen LogP contribution in [0.25, 0.3) is 17.0 Å². The smallest absolute Gasteiger partial charge is 0.240 e. The summed E-state index contributed by atoms with van der Waals surface area (Å²) in [5, 5.41) is 12.8. The zero-order valence-corrected chi connectivity index (χ0v) is 21.4. The Kier molecular flexibility index (Phi) is 6.52. The van der Waals surface area contributed by atoms with Gasteiger partial charge in [0.25, 0.3) is 0 Å². The van der Waals surface area contributed by atoms with E-state index < -0.39 is 10.0 Å². The van der Waals surface area contributed by atoms with E-state index in [9.17, 15) is 13.2 Å². The van der Waals surface area contributed by atoms with Crippen LogP contribution >= 0.6 is 0 Å². The Balaban J connectivity index is 1.25. The summed E-state index contributed by atoms with van der Waals surface area (Å²) in [5.74, 6) is 1.35. The van der Waals surface area contributed by atoms with Gasteiger partial charge in [-0.05, 0) is 55.3 Å². The van der Waals surface area contributed by atoms with Crippen molar-refractivity contribution in [2.45, 2.75) is 31.2 Å². The SMILES string of the molecule is COc1ccccc1-c1nnc2ccc(OCCNS(=O)(=O)c3ccc4c(c3)CC(C)N4C(C)=O)nn12. The van der Waals surface area contributed by atoms with Gasteiger partial charge >= 0.3 is 0 Å². The lowest BCUT2D eigenvalue weighted by atomic mass is 10.1. The van der Waals surface area contributed by atoms with Crippen molar-refractivity contribution >= 4 is 27.3 Å². The van der Waals surface area contributed by atoms with Crippen LogP contribution < -0.4 is 19.1 Å². The number of carbonyl (C=O) groups excluding carboxylic acids is 1. The number of carbonyl (C=O) groups is 1. The van der Waals surface area contributed by atoms with Gasteiger partial charge in [0, 0.05) is 31.3 Å². The standard InChI is InChI=1S/C25H26N6O5S/c1-16-14-18-15-19(8-9-21(18)30(16)17(2)32)37(33,34)26-12-13-36-24-11-10-23-27-28-25(31(23)29-24)20-6-4-5-7-22(20)35-3/h4-11,15-16,26H,12-14H2,1-3H3. The number of para-hydroxylation sites is 1. The average Bonchev–Trinajstić information content (AvgIpc) is 3.45. The Morgan fingerprint density at radius 1 is 1.14 bits per heavy atom. The second-order valence-electron chi connectivity index (χ2n) is 8.64. The molecule has 0 saturated carbocycles. The Morgan fingerprint density at radius 3 is 2.73 bits per heavy atom. The number of hydrogen-bond donors (Lipinski definition) is 1. The Hall–Kier alpha value is -4.03. The predicted octanol–water partition coefficient (Wildman–Crippen LogP) is 2.45. The van der Waals surface area contributed by atoms with Crippen LogP contribution in [-0.4, -0.2) is 60.4 Å². The maximum atomic E-state index is 12.8. The summed E-state index contributed by atoms with van der Waals surface area (Å²) in [6.45, 7) is 3.54. The first-order valence-corrected chi connectivity index (χ1v) is 13.2. The summed E-state index contributed by atoms with van der Waals surface area (Å²) in [6.07, 6.45) is 0.607. The summed E-state index contributed by atoms with van der Waals surface area (Å²) >= 11 is 0. The molecule has 4 aromatic rings. The fourth-order valence-corrected chi connectivity index (χ4v) is 5.58. The average molecular weight is 523 g/mol. The minimum atomic E-state index is -3.76. The van der Waals surface area contributed by atoms with Crippen LogP contribution in [-0.2, 0) is 21.2 Å². The van der Waals surface area contributed by atoms with Crippen molar-refractivity contribution in [2.75, 3.05) is 25.2 Å². The van der Waals surface area contributed by atoms with Crippen molar-refractivity contribution in [3.05, 3.63) is 60.2 Å². The Bertz CT molecular complexity index is 1590. The zero-order valence-electron chi connectivity index (χ0n) is 20.6. The molecule has 2 aromatic heterocycles. The van der Waals surface area contributed by atoms with Crippen LogP contribution in [0, 0.1) is 0 Å². The molecule has 0 saturated heterocycles. The molecule has 1 N–H and O–H groups in total. The van der Waals surface area contributed by atoms with Gasteiger partial charge in [-0.1, -0.05) is 12.1 Å². The lowest BCUT2D eigenvalue weighted by molar-refractivity contribution is -0.116. The number of ether oxygens (including phenoxy) is 2. The predicted molar refractivity (Wildman–Crippen MR) is 136 cm³/mol. The molecule has 2 aromatic carbocycles. The Morgan fingerprint density at radius 2 is 1.95 bits per heavy atom. The molecule has 3 heterocycles. The molecule has 192 valence electrons. The number of fused-ring (bicyclic) bond motifs is 2. The number of hydrogen-bond acceptors (Lipinski definition) is 8. The highest BCUT2D eigenvalue weighted by Crippen LogP contribution is 2.34. The molecule has 0 fully saturated rings. The second-order valence-corrected chi connectivity index (χ2v) is 10.4. The van der Waals surface area contributed by atoms with E-state index in [1.165, 1.54) is 13.0 Å². The molecular formula is C25H26N6O5S. The summed E-state index contributed by atoms with van der Waals surface area (Å²) in [4.78, 5) is 13.8. The third kappa shape index (κ3) is 4.72. The number of benzene rings is 2. The number of methoxy groups -OCH3 is 1. The number of anilines is 1. The molecule has 37 heavy (non-hydrogen) atoms. The van der Waals surface area contributed by atoms with E-state index in [1.807, 2.05) is 31.2 Å². The topological polar surface area (TPSA) is 128 Å². The molecule has 1 atom stereocenters. The minimum Gasteiger partial charge on any atom is -0.496 e. The van der Waals surface area contributed by atoms with Gasteiger partial charge in [0.1, 0.15) is 12.4 Å². The Labute approximate surface area is 214 Å². The first-order valence-electron chi connectivity index (χ1n) is 11.7. The van der Waals surface area contributed by atoms with Gasteiger partial charge in [-0.15, -0.1) is 15.3 Å². The van der Waals surface area contributed by atoms with E-state index in [0.717, 1.165) is 16.8 Å². The zero-order chi connectivity index (χ0) is 26.2. The van der Waals surface area contributed by atoms with Gasteiger partial charge in [0.2, 0.25) is 21.8 Å². The van der Waals surface area contributed by atoms with Gasteiger partial charge in [-0.25, -0.2) is 13.1 Å². The van der Waals surface area contributed by atoms with Crippen molar-refractivity contribution in [3.63, 3.8) is 0 Å². The van der Waals surface area contributed by atoms with Gasteiger partial charge in [0.05, 0.1) is 17.6 Å². The van der Waals surface area contributed by atoms with E-state index in [2.05, 4.69) is 20.0 Å². The summed E-state index contributed by atoms with van der Waals surface area (Å²) in [7, 11) is -2.18. The monoisotopic (exact) mass is 522 g/mol. The lowest BCUT2D eigenvalue weighted by Crippen LogP contribution is -2.33. The molecular weight excluding hydrogens is 496 g/mol. The number of nitrogens with one attached hydrogen (secondary N) is 1. The van der Waals surface area contributed by atoms with E-state index in [0.29, 0.717) is 29.5 Å².